The SMILES string of the molecule is CC(C)CCNC(=O)[C@@H]1CSCN1C(=O)c1cccc(CC#N)c1. The number of benzene rings is 1. The zero-order valence-corrected chi connectivity index (χ0v) is 14.9. The van der Waals surface area contributed by atoms with Gasteiger partial charge in [0.2, 0.25) is 5.91 Å². The fourth-order valence-corrected chi connectivity index (χ4v) is 3.69. The summed E-state index contributed by atoms with van der Waals surface area (Å²) in [5.41, 5.74) is 1.35. The molecular weight excluding hydrogens is 322 g/mol. The van der Waals surface area contributed by atoms with Crippen molar-refractivity contribution in [1.29, 1.82) is 5.26 Å². The number of hydrogen-bond donors (Lipinski definition) is 1. The van der Waals surface area contributed by atoms with E-state index in [1.54, 1.807) is 34.9 Å². The van der Waals surface area contributed by atoms with Crippen molar-refractivity contribution in [3.63, 3.8) is 0 Å². The van der Waals surface area contributed by atoms with Gasteiger partial charge in [0.05, 0.1) is 18.4 Å². The summed E-state index contributed by atoms with van der Waals surface area (Å²) >= 11 is 1.59. The van der Waals surface area contributed by atoms with E-state index in [-0.39, 0.29) is 18.2 Å². The summed E-state index contributed by atoms with van der Waals surface area (Å²) < 4.78 is 0. The van der Waals surface area contributed by atoms with Crippen molar-refractivity contribution in [2.75, 3.05) is 18.2 Å². The molecule has 1 N–H and O–H groups in total. The van der Waals surface area contributed by atoms with Crippen LogP contribution in [0.3, 0.4) is 0 Å². The summed E-state index contributed by atoms with van der Waals surface area (Å²) in [6.07, 6.45) is 1.20. The lowest BCUT2D eigenvalue weighted by Gasteiger charge is -2.23. The van der Waals surface area contributed by atoms with Crippen LogP contribution in [-0.4, -0.2) is 40.9 Å². The van der Waals surface area contributed by atoms with Crippen molar-refractivity contribution >= 4 is 23.6 Å². The second-order valence-corrected chi connectivity index (χ2v) is 7.30. The second kappa shape index (κ2) is 8.74. The Kier molecular flexibility index (Phi) is 6.68. The molecule has 5 nitrogen and oxygen atoms in total. The Morgan fingerprint density at radius 1 is 1.46 bits per heavy atom. The van der Waals surface area contributed by atoms with E-state index in [1.807, 2.05) is 6.07 Å². The third-order valence-corrected chi connectivity index (χ3v) is 4.94. The molecule has 24 heavy (non-hydrogen) atoms. The van der Waals surface area contributed by atoms with Gasteiger partial charge in [-0.2, -0.15) is 5.26 Å². The molecule has 2 rings (SSSR count). The summed E-state index contributed by atoms with van der Waals surface area (Å²) in [4.78, 5) is 26.8. The molecule has 0 radical (unpaired) electrons. The molecule has 0 bridgehead atoms. The maximum absolute atomic E-state index is 12.8. The quantitative estimate of drug-likeness (QED) is 0.859. The number of hydrogen-bond acceptors (Lipinski definition) is 4. The molecule has 1 aromatic rings. The van der Waals surface area contributed by atoms with Crippen LogP contribution in [0.25, 0.3) is 0 Å². The van der Waals surface area contributed by atoms with Gasteiger partial charge in [-0.3, -0.25) is 9.59 Å². The van der Waals surface area contributed by atoms with Gasteiger partial charge in [0.15, 0.2) is 0 Å². The van der Waals surface area contributed by atoms with E-state index in [2.05, 4.69) is 25.2 Å². The molecule has 1 fully saturated rings. The first-order valence-corrected chi connectivity index (χ1v) is 9.30. The summed E-state index contributed by atoms with van der Waals surface area (Å²) in [5, 5.41) is 11.7. The standard InChI is InChI=1S/C18H23N3O2S/c1-13(2)7-9-20-17(22)16-11-24-12-21(16)18(23)15-5-3-4-14(10-15)6-8-19/h3-5,10,13,16H,6-7,9,11-12H2,1-2H3,(H,20,22)/t16-/m0/s1. The Hall–Kier alpha value is -2.00. The summed E-state index contributed by atoms with van der Waals surface area (Å²) in [7, 11) is 0. The average molecular weight is 345 g/mol. The minimum Gasteiger partial charge on any atom is -0.354 e. The minimum absolute atomic E-state index is 0.0813. The molecular formula is C18H23N3O2S. The molecule has 2 amide bonds. The lowest BCUT2D eigenvalue weighted by Crippen LogP contribution is -2.47. The monoisotopic (exact) mass is 345 g/mol. The highest BCUT2D eigenvalue weighted by atomic mass is 32.2. The molecule has 0 aromatic heterocycles. The smallest absolute Gasteiger partial charge is 0.255 e. The Morgan fingerprint density at radius 2 is 2.25 bits per heavy atom. The first-order valence-electron chi connectivity index (χ1n) is 8.15. The third kappa shape index (κ3) is 4.75. The molecule has 0 spiro atoms. The third-order valence-electron chi connectivity index (χ3n) is 3.92. The number of rotatable bonds is 6. The molecule has 6 heteroatoms. The number of carbonyl (C=O) groups excluding carboxylic acids is 2. The fraction of sp³-hybridized carbons (Fsp3) is 0.500. The van der Waals surface area contributed by atoms with E-state index in [0.717, 1.165) is 12.0 Å². The van der Waals surface area contributed by atoms with Gasteiger partial charge in [-0.05, 0) is 30.0 Å². The predicted octanol–water partition coefficient (Wildman–Crippen LogP) is 2.43. The van der Waals surface area contributed by atoms with Crippen LogP contribution in [0.2, 0.25) is 0 Å². The Morgan fingerprint density at radius 3 is 2.96 bits per heavy atom. The Labute approximate surface area is 147 Å². The van der Waals surface area contributed by atoms with Crippen molar-refractivity contribution in [2.24, 2.45) is 5.92 Å². The lowest BCUT2D eigenvalue weighted by molar-refractivity contribution is -0.124. The summed E-state index contributed by atoms with van der Waals surface area (Å²) in [6.45, 7) is 4.86. The van der Waals surface area contributed by atoms with Crippen LogP contribution in [-0.2, 0) is 11.2 Å². The first-order chi connectivity index (χ1) is 11.5. The number of amides is 2. The van der Waals surface area contributed by atoms with E-state index in [9.17, 15) is 9.59 Å². The molecule has 0 saturated carbocycles. The van der Waals surface area contributed by atoms with E-state index in [1.165, 1.54) is 0 Å². The van der Waals surface area contributed by atoms with Gasteiger partial charge in [-0.1, -0.05) is 26.0 Å². The Bertz CT molecular complexity index is 639. The topological polar surface area (TPSA) is 73.2 Å². The van der Waals surface area contributed by atoms with Crippen LogP contribution < -0.4 is 5.32 Å². The van der Waals surface area contributed by atoms with Crippen LogP contribution in [0, 0.1) is 17.2 Å². The van der Waals surface area contributed by atoms with Crippen molar-refractivity contribution in [2.45, 2.75) is 32.7 Å². The zero-order valence-electron chi connectivity index (χ0n) is 14.1. The van der Waals surface area contributed by atoms with E-state index in [4.69, 9.17) is 5.26 Å². The van der Waals surface area contributed by atoms with Crippen LogP contribution in [0.5, 0.6) is 0 Å². The highest BCUT2D eigenvalue weighted by Crippen LogP contribution is 2.23. The van der Waals surface area contributed by atoms with Gasteiger partial charge in [-0.15, -0.1) is 11.8 Å². The number of nitriles is 1. The number of thioether (sulfide) groups is 1. The van der Waals surface area contributed by atoms with Gasteiger partial charge >= 0.3 is 0 Å². The van der Waals surface area contributed by atoms with Crippen LogP contribution >= 0.6 is 11.8 Å². The average Bonchev–Trinajstić information content (AvgIpc) is 3.04. The van der Waals surface area contributed by atoms with Crippen LogP contribution in [0.4, 0.5) is 0 Å². The molecule has 1 heterocycles. The number of nitrogens with one attached hydrogen (secondary N) is 1. The van der Waals surface area contributed by atoms with Crippen LogP contribution in [0.1, 0.15) is 36.2 Å². The molecule has 0 aliphatic carbocycles. The molecule has 1 saturated heterocycles. The van der Waals surface area contributed by atoms with Gasteiger partial charge < -0.3 is 10.2 Å². The normalized spacial score (nSPS) is 16.9. The van der Waals surface area contributed by atoms with E-state index >= 15 is 0 Å². The lowest BCUT2D eigenvalue weighted by atomic mass is 10.1. The second-order valence-electron chi connectivity index (χ2n) is 6.30. The van der Waals surface area contributed by atoms with Crippen molar-refractivity contribution < 1.29 is 9.59 Å². The molecule has 1 aliphatic rings. The Balaban J connectivity index is 2.04. The van der Waals surface area contributed by atoms with Gasteiger partial charge in [0.1, 0.15) is 6.04 Å². The maximum Gasteiger partial charge on any atom is 0.255 e. The van der Waals surface area contributed by atoms with Crippen molar-refractivity contribution in [3.8, 4) is 6.07 Å². The first kappa shape index (κ1) is 18.3. The van der Waals surface area contributed by atoms with E-state index in [0.29, 0.717) is 29.7 Å². The summed E-state index contributed by atoms with van der Waals surface area (Å²) in [6, 6.07) is 8.75. The molecule has 0 unspecified atom stereocenters. The van der Waals surface area contributed by atoms with Gasteiger partial charge in [-0.25, -0.2) is 0 Å². The zero-order chi connectivity index (χ0) is 17.5. The number of carbonyl (C=O) groups is 2. The van der Waals surface area contributed by atoms with Crippen molar-refractivity contribution in [1.82, 2.24) is 10.2 Å². The maximum atomic E-state index is 12.8. The number of nitrogens with zero attached hydrogens (tertiary/aromatic N) is 2. The highest BCUT2D eigenvalue weighted by Gasteiger charge is 2.34. The minimum atomic E-state index is -0.422. The highest BCUT2D eigenvalue weighted by molar-refractivity contribution is 7.99. The largest absolute Gasteiger partial charge is 0.354 e. The molecule has 1 aliphatic heterocycles. The van der Waals surface area contributed by atoms with Crippen LogP contribution in [0.15, 0.2) is 24.3 Å². The van der Waals surface area contributed by atoms with Gasteiger partial charge in [0, 0.05) is 17.9 Å². The van der Waals surface area contributed by atoms with Gasteiger partial charge in [0.25, 0.3) is 5.91 Å². The summed E-state index contributed by atoms with van der Waals surface area (Å²) in [5.74, 6) is 1.44. The molecule has 128 valence electrons. The predicted molar refractivity (Wildman–Crippen MR) is 95.5 cm³/mol. The molecule has 1 atom stereocenters. The molecule has 1 aromatic carbocycles. The van der Waals surface area contributed by atoms with Crippen molar-refractivity contribution in [3.05, 3.63) is 35.4 Å². The fourth-order valence-electron chi connectivity index (χ4n) is 2.53. The van der Waals surface area contributed by atoms with E-state index < -0.39 is 6.04 Å².